The normalized spacial score (nSPS) is 9.50. The molecule has 0 aromatic carbocycles. The first kappa shape index (κ1) is 6.68. The highest BCUT2D eigenvalue weighted by Crippen LogP contribution is 1.72. The second-order valence-electron chi connectivity index (χ2n) is 1.08. The first-order valence-electron chi connectivity index (χ1n) is 1.88. The fourth-order valence-corrected chi connectivity index (χ4v) is 0.168. The molecule has 0 radical (unpaired) electrons. The molecular weight excluding hydrogens is 108 g/mol. The van der Waals surface area contributed by atoms with Crippen LogP contribution < -0.4 is 5.73 Å². The van der Waals surface area contributed by atoms with Crippen molar-refractivity contribution < 1.29 is 9.90 Å². The van der Waals surface area contributed by atoms with E-state index in [1.54, 1.807) is 0 Å². The van der Waals surface area contributed by atoms with Crippen molar-refractivity contribution in [2.75, 3.05) is 0 Å². The lowest BCUT2D eigenvalue weighted by atomic mass is 10.4. The molecule has 0 fully saturated rings. The molecule has 44 valence electrons. The fraction of sp³-hybridized carbons (Fsp3) is 0. The predicted octanol–water partition coefficient (Wildman–Crippen LogP) is -0.437. The second kappa shape index (κ2) is 2.79. The van der Waals surface area contributed by atoms with E-state index in [-0.39, 0.29) is 0 Å². The number of hydrogen-bond acceptors (Lipinski definition) is 3. The Hall–Kier alpha value is -1.32. The minimum Gasteiger partial charge on any atom is -0.477 e. The molecule has 0 saturated heterocycles. The standard InChI is InChI=1S/C4H6N2O2/c5-2-1-3(6)4(7)8/h1-2,6H,5H2,(H,7,8)/b2-1-,6-3?. The molecule has 0 spiro atoms. The first-order valence-corrected chi connectivity index (χ1v) is 1.88. The molecule has 0 saturated carbocycles. The van der Waals surface area contributed by atoms with E-state index in [4.69, 9.17) is 16.2 Å². The lowest BCUT2D eigenvalue weighted by Gasteiger charge is -1.82. The maximum absolute atomic E-state index is 9.76. The number of nitrogens with two attached hydrogens (primary N) is 1. The number of hydrogen-bond donors (Lipinski definition) is 3. The van der Waals surface area contributed by atoms with Crippen LogP contribution in [0.25, 0.3) is 0 Å². The summed E-state index contributed by atoms with van der Waals surface area (Å²) in [5.41, 5.74) is 4.28. The summed E-state index contributed by atoms with van der Waals surface area (Å²) in [5.74, 6) is -1.27. The number of rotatable bonds is 2. The van der Waals surface area contributed by atoms with Gasteiger partial charge < -0.3 is 10.8 Å². The van der Waals surface area contributed by atoms with E-state index in [1.165, 1.54) is 0 Å². The molecule has 0 bridgehead atoms. The monoisotopic (exact) mass is 114 g/mol. The molecule has 0 atom stereocenters. The second-order valence-corrected chi connectivity index (χ2v) is 1.08. The maximum Gasteiger partial charge on any atom is 0.353 e. The van der Waals surface area contributed by atoms with Crippen molar-refractivity contribution in [2.45, 2.75) is 0 Å². The van der Waals surface area contributed by atoms with Gasteiger partial charge in [0.1, 0.15) is 5.71 Å². The van der Waals surface area contributed by atoms with E-state index in [0.717, 1.165) is 12.3 Å². The summed E-state index contributed by atoms with van der Waals surface area (Å²) in [6.45, 7) is 0. The van der Waals surface area contributed by atoms with Gasteiger partial charge in [-0.05, 0) is 12.3 Å². The summed E-state index contributed by atoms with van der Waals surface area (Å²) in [6, 6.07) is 0. The van der Waals surface area contributed by atoms with Crippen molar-refractivity contribution in [3.63, 3.8) is 0 Å². The number of carboxylic acid groups (broad SMARTS) is 1. The number of nitrogens with one attached hydrogen (secondary N) is 1. The van der Waals surface area contributed by atoms with Crippen molar-refractivity contribution in [1.29, 1.82) is 5.41 Å². The Morgan fingerprint density at radius 1 is 1.75 bits per heavy atom. The Balaban J connectivity index is 3.85. The van der Waals surface area contributed by atoms with Crippen LogP contribution in [0.2, 0.25) is 0 Å². The largest absolute Gasteiger partial charge is 0.477 e. The average molecular weight is 114 g/mol. The van der Waals surface area contributed by atoms with Gasteiger partial charge in [0.25, 0.3) is 0 Å². The third-order valence-corrected chi connectivity index (χ3v) is 0.493. The molecule has 4 nitrogen and oxygen atoms in total. The SMILES string of the molecule is N=C(/C=C\N)C(=O)O. The lowest BCUT2D eigenvalue weighted by Crippen LogP contribution is -2.07. The van der Waals surface area contributed by atoms with Crippen molar-refractivity contribution in [2.24, 2.45) is 5.73 Å². The molecule has 4 N–H and O–H groups in total. The summed E-state index contributed by atoms with van der Waals surface area (Å²) in [6.07, 6.45) is 2.01. The van der Waals surface area contributed by atoms with Crippen LogP contribution in [-0.4, -0.2) is 16.8 Å². The molecule has 0 aliphatic heterocycles. The number of carboxylic acids is 1. The van der Waals surface area contributed by atoms with Gasteiger partial charge in [-0.2, -0.15) is 0 Å². The van der Waals surface area contributed by atoms with Crippen LogP contribution in [0.4, 0.5) is 0 Å². The van der Waals surface area contributed by atoms with Gasteiger partial charge in [-0.3, -0.25) is 5.41 Å². The van der Waals surface area contributed by atoms with Crippen LogP contribution >= 0.6 is 0 Å². The zero-order chi connectivity index (χ0) is 6.57. The topological polar surface area (TPSA) is 87.2 Å². The van der Waals surface area contributed by atoms with E-state index in [9.17, 15) is 4.79 Å². The van der Waals surface area contributed by atoms with Crippen LogP contribution in [0.1, 0.15) is 0 Å². The van der Waals surface area contributed by atoms with Gasteiger partial charge in [-0.25, -0.2) is 4.79 Å². The van der Waals surface area contributed by atoms with Crippen LogP contribution in [-0.2, 0) is 4.79 Å². The fourth-order valence-electron chi connectivity index (χ4n) is 0.168. The molecule has 0 amide bonds. The molecule has 0 unspecified atom stereocenters. The highest BCUT2D eigenvalue weighted by molar-refractivity contribution is 6.38. The molecule has 0 heterocycles. The number of carbonyl (C=O) groups is 1. The van der Waals surface area contributed by atoms with E-state index in [0.29, 0.717) is 0 Å². The molecule has 0 aromatic heterocycles. The van der Waals surface area contributed by atoms with Gasteiger partial charge in [-0.15, -0.1) is 0 Å². The molecule has 0 aromatic rings. The molecule has 8 heavy (non-hydrogen) atoms. The minimum absolute atomic E-state index is 0.507. The van der Waals surface area contributed by atoms with Gasteiger partial charge in [0.15, 0.2) is 0 Å². The van der Waals surface area contributed by atoms with Crippen molar-refractivity contribution >= 4 is 11.7 Å². The van der Waals surface area contributed by atoms with Crippen molar-refractivity contribution in [1.82, 2.24) is 0 Å². The van der Waals surface area contributed by atoms with Gasteiger partial charge in [0, 0.05) is 0 Å². The van der Waals surface area contributed by atoms with Crippen LogP contribution in [0.15, 0.2) is 12.3 Å². The third-order valence-electron chi connectivity index (χ3n) is 0.493. The van der Waals surface area contributed by atoms with E-state index in [2.05, 4.69) is 0 Å². The Kier molecular flexibility index (Phi) is 2.33. The smallest absolute Gasteiger partial charge is 0.353 e. The van der Waals surface area contributed by atoms with Crippen LogP contribution in [0.5, 0.6) is 0 Å². The average Bonchev–Trinajstić information content (AvgIpc) is 1.67. The van der Waals surface area contributed by atoms with Gasteiger partial charge in [0.2, 0.25) is 0 Å². The van der Waals surface area contributed by atoms with E-state index < -0.39 is 11.7 Å². The van der Waals surface area contributed by atoms with Gasteiger partial charge in [0.05, 0.1) is 0 Å². The Morgan fingerprint density at radius 2 is 2.25 bits per heavy atom. The summed E-state index contributed by atoms with van der Waals surface area (Å²) >= 11 is 0. The van der Waals surface area contributed by atoms with Crippen LogP contribution in [0, 0.1) is 5.41 Å². The molecular formula is C4H6N2O2. The zero-order valence-corrected chi connectivity index (χ0v) is 4.09. The quantitative estimate of drug-likeness (QED) is 0.425. The molecule has 0 aliphatic carbocycles. The maximum atomic E-state index is 9.76. The summed E-state index contributed by atoms with van der Waals surface area (Å²) < 4.78 is 0. The summed E-state index contributed by atoms with van der Waals surface area (Å²) in [7, 11) is 0. The van der Waals surface area contributed by atoms with Gasteiger partial charge in [-0.1, -0.05) is 0 Å². The first-order chi connectivity index (χ1) is 3.68. The van der Waals surface area contributed by atoms with Crippen molar-refractivity contribution in [3.8, 4) is 0 Å². The van der Waals surface area contributed by atoms with E-state index >= 15 is 0 Å². The predicted molar refractivity (Wildman–Crippen MR) is 28.7 cm³/mol. The third kappa shape index (κ3) is 1.96. The Morgan fingerprint density at radius 3 is 2.38 bits per heavy atom. The minimum atomic E-state index is -1.27. The van der Waals surface area contributed by atoms with Crippen molar-refractivity contribution in [3.05, 3.63) is 12.3 Å². The van der Waals surface area contributed by atoms with E-state index in [1.807, 2.05) is 0 Å². The highest BCUT2D eigenvalue weighted by Gasteiger charge is 1.98. The highest BCUT2D eigenvalue weighted by atomic mass is 16.4. The Labute approximate surface area is 46.1 Å². The number of aliphatic carboxylic acids is 1. The zero-order valence-electron chi connectivity index (χ0n) is 4.09. The molecule has 0 aliphatic rings. The Bertz CT molecular complexity index is 139. The van der Waals surface area contributed by atoms with Gasteiger partial charge >= 0.3 is 5.97 Å². The van der Waals surface area contributed by atoms with Crippen LogP contribution in [0.3, 0.4) is 0 Å². The summed E-state index contributed by atoms with van der Waals surface area (Å²) in [4.78, 5) is 9.76. The molecule has 4 heteroatoms. The molecule has 0 rings (SSSR count). The summed E-state index contributed by atoms with van der Waals surface area (Å²) in [5, 5.41) is 14.6. The lowest BCUT2D eigenvalue weighted by molar-refractivity contribution is -0.129.